The molecule has 0 unspecified atom stereocenters. The van der Waals surface area contributed by atoms with Crippen LogP contribution >= 0.6 is 0 Å². The number of benzene rings is 1. The van der Waals surface area contributed by atoms with Crippen molar-refractivity contribution in [2.75, 3.05) is 0 Å². The summed E-state index contributed by atoms with van der Waals surface area (Å²) in [6.45, 7) is 5.41. The van der Waals surface area contributed by atoms with Crippen molar-refractivity contribution < 1.29 is 4.79 Å². The van der Waals surface area contributed by atoms with Crippen molar-refractivity contribution in [3.63, 3.8) is 0 Å². The number of aryl methyl sites for hydroxylation is 1. The molecule has 1 rings (SSSR count). The number of allylic oxidation sites excluding steroid dienone is 2. The molecule has 0 aromatic heterocycles. The normalized spacial score (nSPS) is 10.2. The Morgan fingerprint density at radius 2 is 2.08 bits per heavy atom. The Hall–Kier alpha value is -1.63. The van der Waals surface area contributed by atoms with Crippen LogP contribution in [0.5, 0.6) is 0 Å². The fraction of sp³-hybridized carbons (Fsp3) is 0.0833. The van der Waals surface area contributed by atoms with Gasteiger partial charge in [0.25, 0.3) is 0 Å². The quantitative estimate of drug-likeness (QED) is 0.641. The van der Waals surface area contributed by atoms with Gasteiger partial charge in [0.1, 0.15) is 0 Å². The molecular weight excluding hydrogens is 160 g/mol. The van der Waals surface area contributed by atoms with Crippen molar-refractivity contribution in [2.24, 2.45) is 0 Å². The van der Waals surface area contributed by atoms with Gasteiger partial charge in [-0.3, -0.25) is 4.79 Å². The van der Waals surface area contributed by atoms with Crippen LogP contribution in [0, 0.1) is 6.92 Å². The highest BCUT2D eigenvalue weighted by Gasteiger charge is 1.91. The number of carbonyl (C=O) groups excluding carboxylic acids is 1. The minimum Gasteiger partial charge on any atom is -0.290 e. The highest BCUT2D eigenvalue weighted by atomic mass is 16.1. The lowest BCUT2D eigenvalue weighted by Crippen LogP contribution is -1.84. The molecule has 0 radical (unpaired) electrons. The van der Waals surface area contributed by atoms with E-state index in [1.54, 1.807) is 6.08 Å². The molecule has 13 heavy (non-hydrogen) atoms. The van der Waals surface area contributed by atoms with Crippen LogP contribution in [-0.4, -0.2) is 5.78 Å². The molecule has 0 atom stereocenters. The lowest BCUT2D eigenvalue weighted by Gasteiger charge is -1.96. The Morgan fingerprint density at radius 1 is 1.38 bits per heavy atom. The van der Waals surface area contributed by atoms with E-state index in [0.717, 1.165) is 11.1 Å². The molecule has 1 nitrogen and oxygen atoms in total. The van der Waals surface area contributed by atoms with E-state index in [-0.39, 0.29) is 5.78 Å². The molecule has 0 N–H and O–H groups in total. The molecule has 0 aliphatic heterocycles. The van der Waals surface area contributed by atoms with E-state index >= 15 is 0 Å². The van der Waals surface area contributed by atoms with Gasteiger partial charge in [-0.25, -0.2) is 0 Å². The van der Waals surface area contributed by atoms with Crippen molar-refractivity contribution >= 4 is 11.9 Å². The standard InChI is InChI=1S/C12H12O/c1-3-12(13)9-8-11-7-5-4-6-10(11)2/h3-9H,1H2,2H3/b9-8+. The topological polar surface area (TPSA) is 17.1 Å². The molecule has 1 heteroatoms. The molecule has 0 amide bonds. The lowest BCUT2D eigenvalue weighted by atomic mass is 10.1. The highest BCUT2D eigenvalue weighted by Crippen LogP contribution is 2.08. The summed E-state index contributed by atoms with van der Waals surface area (Å²) in [6, 6.07) is 7.91. The number of rotatable bonds is 3. The van der Waals surface area contributed by atoms with E-state index in [1.807, 2.05) is 31.2 Å². The molecule has 0 aliphatic rings. The summed E-state index contributed by atoms with van der Waals surface area (Å²) in [4.78, 5) is 10.9. The third-order valence-corrected chi connectivity index (χ3v) is 1.82. The molecule has 1 aromatic rings. The number of hydrogen-bond acceptors (Lipinski definition) is 1. The smallest absolute Gasteiger partial charge is 0.178 e. The van der Waals surface area contributed by atoms with Crippen LogP contribution in [0.1, 0.15) is 11.1 Å². The molecule has 0 saturated heterocycles. The molecule has 0 aliphatic carbocycles. The monoisotopic (exact) mass is 172 g/mol. The zero-order valence-electron chi connectivity index (χ0n) is 7.66. The minimum atomic E-state index is -0.0664. The summed E-state index contributed by atoms with van der Waals surface area (Å²) in [5, 5.41) is 0. The van der Waals surface area contributed by atoms with E-state index in [1.165, 1.54) is 12.2 Å². The Morgan fingerprint density at radius 3 is 2.69 bits per heavy atom. The summed E-state index contributed by atoms with van der Waals surface area (Å²) in [5.41, 5.74) is 2.23. The first-order valence-electron chi connectivity index (χ1n) is 4.14. The Bertz CT molecular complexity index is 348. The fourth-order valence-corrected chi connectivity index (χ4v) is 1.01. The fourth-order valence-electron chi connectivity index (χ4n) is 1.01. The SMILES string of the molecule is C=CC(=O)/C=C/c1ccccc1C. The summed E-state index contributed by atoms with van der Waals surface area (Å²) in [7, 11) is 0. The second-order valence-corrected chi connectivity index (χ2v) is 2.80. The van der Waals surface area contributed by atoms with Crippen LogP contribution < -0.4 is 0 Å². The van der Waals surface area contributed by atoms with Gasteiger partial charge in [-0.05, 0) is 30.2 Å². The predicted molar refractivity (Wildman–Crippen MR) is 55.4 cm³/mol. The van der Waals surface area contributed by atoms with Gasteiger partial charge in [0.2, 0.25) is 0 Å². The van der Waals surface area contributed by atoms with Crippen molar-refractivity contribution in [1.82, 2.24) is 0 Å². The van der Waals surface area contributed by atoms with Crippen LogP contribution in [-0.2, 0) is 4.79 Å². The first kappa shape index (κ1) is 9.46. The van der Waals surface area contributed by atoms with Gasteiger partial charge in [0.15, 0.2) is 5.78 Å². The summed E-state index contributed by atoms with van der Waals surface area (Å²) in [6.07, 6.45) is 4.63. The Balaban J connectivity index is 2.85. The van der Waals surface area contributed by atoms with Crippen LogP contribution in [0.4, 0.5) is 0 Å². The van der Waals surface area contributed by atoms with Gasteiger partial charge in [0, 0.05) is 0 Å². The van der Waals surface area contributed by atoms with Gasteiger partial charge in [-0.1, -0.05) is 36.9 Å². The zero-order chi connectivity index (χ0) is 9.68. The summed E-state index contributed by atoms with van der Waals surface area (Å²) >= 11 is 0. The predicted octanol–water partition coefficient (Wildman–Crippen LogP) is 2.76. The molecule has 0 heterocycles. The summed E-state index contributed by atoms with van der Waals surface area (Å²) in [5.74, 6) is -0.0664. The third-order valence-electron chi connectivity index (χ3n) is 1.82. The molecule has 0 spiro atoms. The van der Waals surface area contributed by atoms with E-state index in [2.05, 4.69) is 6.58 Å². The van der Waals surface area contributed by atoms with E-state index in [4.69, 9.17) is 0 Å². The number of carbonyl (C=O) groups is 1. The van der Waals surface area contributed by atoms with Crippen molar-refractivity contribution in [2.45, 2.75) is 6.92 Å². The molecule has 66 valence electrons. The van der Waals surface area contributed by atoms with Gasteiger partial charge >= 0.3 is 0 Å². The Labute approximate surface area is 78.4 Å². The Kier molecular flexibility index (Phi) is 3.21. The molecule has 0 fully saturated rings. The van der Waals surface area contributed by atoms with Crippen molar-refractivity contribution in [3.05, 3.63) is 54.1 Å². The molecule has 0 saturated carbocycles. The third kappa shape index (κ3) is 2.71. The van der Waals surface area contributed by atoms with Crippen LogP contribution in [0.3, 0.4) is 0 Å². The number of ketones is 1. The maximum atomic E-state index is 10.9. The van der Waals surface area contributed by atoms with Gasteiger partial charge < -0.3 is 0 Å². The van der Waals surface area contributed by atoms with Crippen LogP contribution in [0.15, 0.2) is 43.0 Å². The minimum absolute atomic E-state index is 0.0664. The van der Waals surface area contributed by atoms with Crippen molar-refractivity contribution in [3.8, 4) is 0 Å². The van der Waals surface area contributed by atoms with Crippen LogP contribution in [0.2, 0.25) is 0 Å². The first-order chi connectivity index (χ1) is 6.24. The summed E-state index contributed by atoms with van der Waals surface area (Å²) < 4.78 is 0. The molecular formula is C12H12O. The maximum absolute atomic E-state index is 10.9. The van der Waals surface area contributed by atoms with E-state index in [9.17, 15) is 4.79 Å². The van der Waals surface area contributed by atoms with Gasteiger partial charge in [-0.2, -0.15) is 0 Å². The zero-order valence-corrected chi connectivity index (χ0v) is 7.66. The number of hydrogen-bond donors (Lipinski definition) is 0. The second kappa shape index (κ2) is 4.41. The molecule has 0 bridgehead atoms. The average Bonchev–Trinajstić information content (AvgIpc) is 2.16. The van der Waals surface area contributed by atoms with Gasteiger partial charge in [-0.15, -0.1) is 0 Å². The lowest BCUT2D eigenvalue weighted by molar-refractivity contribution is -0.110. The highest BCUT2D eigenvalue weighted by molar-refractivity contribution is 6.01. The van der Waals surface area contributed by atoms with Gasteiger partial charge in [0.05, 0.1) is 0 Å². The largest absolute Gasteiger partial charge is 0.290 e. The molecule has 1 aromatic carbocycles. The second-order valence-electron chi connectivity index (χ2n) is 2.80. The van der Waals surface area contributed by atoms with E-state index < -0.39 is 0 Å². The van der Waals surface area contributed by atoms with E-state index in [0.29, 0.717) is 0 Å². The first-order valence-corrected chi connectivity index (χ1v) is 4.14. The average molecular weight is 172 g/mol. The maximum Gasteiger partial charge on any atom is 0.178 e. The van der Waals surface area contributed by atoms with Crippen LogP contribution in [0.25, 0.3) is 6.08 Å². The van der Waals surface area contributed by atoms with Crippen molar-refractivity contribution in [1.29, 1.82) is 0 Å².